The average Bonchev–Trinajstić information content (AvgIpc) is 2.97. The van der Waals surface area contributed by atoms with Gasteiger partial charge in [-0.3, -0.25) is 4.79 Å². The zero-order chi connectivity index (χ0) is 15.2. The molecule has 3 N–H and O–H groups in total. The number of carbonyl (C=O) groups excluding carboxylic acids is 1. The number of benzene rings is 1. The number of carboxylic acids is 1. The molecule has 110 valence electrons. The van der Waals surface area contributed by atoms with Crippen LogP contribution in [0.2, 0.25) is 0 Å². The third kappa shape index (κ3) is 3.67. The van der Waals surface area contributed by atoms with Crippen molar-refractivity contribution in [2.24, 2.45) is 0 Å². The zero-order valence-corrected chi connectivity index (χ0v) is 11.0. The molecule has 1 heterocycles. The highest BCUT2D eigenvalue weighted by Gasteiger charge is 2.22. The second-order valence-electron chi connectivity index (χ2n) is 4.32. The van der Waals surface area contributed by atoms with Crippen molar-refractivity contribution in [1.82, 2.24) is 10.5 Å². The van der Waals surface area contributed by atoms with E-state index in [0.29, 0.717) is 5.76 Å². The van der Waals surface area contributed by atoms with Crippen LogP contribution in [0.4, 0.5) is 0 Å². The van der Waals surface area contributed by atoms with E-state index in [1.54, 1.807) is 12.1 Å². The number of nitrogens with one attached hydrogen (secondary N) is 1. The Morgan fingerprint density at radius 3 is 2.62 bits per heavy atom. The number of aromatic nitrogens is 1. The molecule has 21 heavy (non-hydrogen) atoms. The first-order chi connectivity index (χ1) is 10.1. The summed E-state index contributed by atoms with van der Waals surface area (Å²) in [6.07, 6.45) is -0.0789. The van der Waals surface area contributed by atoms with Crippen molar-refractivity contribution in [3.05, 3.63) is 42.1 Å². The van der Waals surface area contributed by atoms with E-state index in [1.165, 1.54) is 6.07 Å². The number of rotatable bonds is 6. The Morgan fingerprint density at radius 2 is 2.00 bits per heavy atom. The second-order valence-corrected chi connectivity index (χ2v) is 4.32. The first-order valence-corrected chi connectivity index (χ1v) is 6.28. The Morgan fingerprint density at radius 1 is 1.29 bits per heavy atom. The minimum absolute atomic E-state index is 0.0157. The third-order valence-electron chi connectivity index (χ3n) is 2.82. The third-order valence-corrected chi connectivity index (χ3v) is 2.82. The predicted molar refractivity (Wildman–Crippen MR) is 72.5 cm³/mol. The molecule has 0 bridgehead atoms. The SMILES string of the molecule is O=C(N[C@H](CCO)C(=O)O)c1cc(-c2ccccc2)on1. The number of hydrogen-bond acceptors (Lipinski definition) is 5. The van der Waals surface area contributed by atoms with Gasteiger partial charge < -0.3 is 20.1 Å². The van der Waals surface area contributed by atoms with Gasteiger partial charge in [-0.1, -0.05) is 35.5 Å². The number of amides is 1. The molecule has 0 aliphatic carbocycles. The molecule has 0 saturated carbocycles. The summed E-state index contributed by atoms with van der Waals surface area (Å²) in [5.41, 5.74) is 0.743. The van der Waals surface area contributed by atoms with E-state index in [9.17, 15) is 9.59 Å². The van der Waals surface area contributed by atoms with Crippen LogP contribution in [0.3, 0.4) is 0 Å². The van der Waals surface area contributed by atoms with Crippen molar-refractivity contribution in [2.45, 2.75) is 12.5 Å². The van der Waals surface area contributed by atoms with E-state index in [0.717, 1.165) is 5.56 Å². The molecule has 2 aromatic rings. The Labute approximate surface area is 120 Å². The number of aliphatic carboxylic acids is 1. The fourth-order valence-electron chi connectivity index (χ4n) is 1.74. The summed E-state index contributed by atoms with van der Waals surface area (Å²) in [5, 5.41) is 23.6. The number of aliphatic hydroxyl groups is 1. The fraction of sp³-hybridized carbons (Fsp3) is 0.214. The molecular weight excluding hydrogens is 276 g/mol. The standard InChI is InChI=1S/C14H14N2O5/c17-7-6-10(14(19)20)15-13(18)11-8-12(21-16-11)9-4-2-1-3-5-9/h1-5,8,10,17H,6-7H2,(H,15,18)(H,19,20)/t10-/m1/s1. The lowest BCUT2D eigenvalue weighted by Crippen LogP contribution is -2.41. The lowest BCUT2D eigenvalue weighted by molar-refractivity contribution is -0.139. The minimum Gasteiger partial charge on any atom is -0.480 e. The van der Waals surface area contributed by atoms with E-state index >= 15 is 0 Å². The molecule has 1 atom stereocenters. The molecule has 0 saturated heterocycles. The van der Waals surface area contributed by atoms with Crippen molar-refractivity contribution in [3.8, 4) is 11.3 Å². The van der Waals surface area contributed by atoms with Gasteiger partial charge in [-0.05, 0) is 0 Å². The first-order valence-electron chi connectivity index (χ1n) is 6.28. The van der Waals surface area contributed by atoms with E-state index in [4.69, 9.17) is 14.7 Å². The van der Waals surface area contributed by atoms with Gasteiger partial charge in [0.05, 0.1) is 0 Å². The first kappa shape index (κ1) is 14.7. The second kappa shape index (κ2) is 6.67. The Hall–Kier alpha value is -2.67. The molecule has 7 nitrogen and oxygen atoms in total. The number of carbonyl (C=O) groups is 2. The quantitative estimate of drug-likeness (QED) is 0.728. The summed E-state index contributed by atoms with van der Waals surface area (Å²) in [5.74, 6) is -1.47. The Kier molecular flexibility index (Phi) is 4.68. The van der Waals surface area contributed by atoms with Gasteiger partial charge in [-0.15, -0.1) is 0 Å². The topological polar surface area (TPSA) is 113 Å². The number of nitrogens with zero attached hydrogens (tertiary/aromatic N) is 1. The molecule has 2 rings (SSSR count). The fourth-order valence-corrected chi connectivity index (χ4v) is 1.74. The largest absolute Gasteiger partial charge is 0.480 e. The zero-order valence-electron chi connectivity index (χ0n) is 11.0. The van der Waals surface area contributed by atoms with Crippen molar-refractivity contribution >= 4 is 11.9 Å². The highest BCUT2D eigenvalue weighted by atomic mass is 16.5. The van der Waals surface area contributed by atoms with Gasteiger partial charge in [0.1, 0.15) is 6.04 Å². The van der Waals surface area contributed by atoms with Crippen LogP contribution in [-0.2, 0) is 4.79 Å². The summed E-state index contributed by atoms with van der Waals surface area (Å²) in [4.78, 5) is 22.8. The van der Waals surface area contributed by atoms with Crippen LogP contribution in [0.5, 0.6) is 0 Å². The lowest BCUT2D eigenvalue weighted by atomic mass is 10.1. The van der Waals surface area contributed by atoms with Gasteiger partial charge in [-0.2, -0.15) is 0 Å². The lowest BCUT2D eigenvalue weighted by Gasteiger charge is -2.11. The predicted octanol–water partition coefficient (Wildman–Crippen LogP) is 0.907. The smallest absolute Gasteiger partial charge is 0.326 e. The monoisotopic (exact) mass is 290 g/mol. The highest BCUT2D eigenvalue weighted by molar-refractivity contribution is 5.95. The van der Waals surface area contributed by atoms with E-state index in [1.807, 2.05) is 18.2 Å². The molecule has 7 heteroatoms. The van der Waals surface area contributed by atoms with Crippen LogP contribution in [0.15, 0.2) is 40.9 Å². The Balaban J connectivity index is 2.10. The molecule has 0 unspecified atom stereocenters. The molecule has 0 spiro atoms. The molecule has 0 aliphatic rings. The van der Waals surface area contributed by atoms with Gasteiger partial charge in [-0.25, -0.2) is 4.79 Å². The molecule has 0 radical (unpaired) electrons. The summed E-state index contributed by atoms with van der Waals surface area (Å²) in [7, 11) is 0. The summed E-state index contributed by atoms with van der Waals surface area (Å²) in [6, 6.07) is 9.35. The highest BCUT2D eigenvalue weighted by Crippen LogP contribution is 2.19. The van der Waals surface area contributed by atoms with Crippen LogP contribution >= 0.6 is 0 Å². The van der Waals surface area contributed by atoms with E-state index in [-0.39, 0.29) is 18.7 Å². The van der Waals surface area contributed by atoms with Crippen LogP contribution in [0, 0.1) is 0 Å². The molecule has 0 aliphatic heterocycles. The molecule has 1 amide bonds. The van der Waals surface area contributed by atoms with Gasteiger partial charge in [0, 0.05) is 24.7 Å². The van der Waals surface area contributed by atoms with Gasteiger partial charge in [0.2, 0.25) is 0 Å². The van der Waals surface area contributed by atoms with E-state index in [2.05, 4.69) is 10.5 Å². The van der Waals surface area contributed by atoms with Gasteiger partial charge in [0.15, 0.2) is 11.5 Å². The molecule has 1 aromatic carbocycles. The molecular formula is C14H14N2O5. The number of carboxylic acid groups (broad SMARTS) is 1. The maximum absolute atomic E-state index is 11.9. The van der Waals surface area contributed by atoms with Crippen LogP contribution in [0.1, 0.15) is 16.9 Å². The number of aliphatic hydroxyl groups excluding tert-OH is 1. The van der Waals surface area contributed by atoms with E-state index < -0.39 is 17.9 Å². The van der Waals surface area contributed by atoms with Gasteiger partial charge >= 0.3 is 5.97 Å². The van der Waals surface area contributed by atoms with Gasteiger partial charge in [0.25, 0.3) is 5.91 Å². The van der Waals surface area contributed by atoms with Crippen LogP contribution in [-0.4, -0.2) is 39.9 Å². The minimum atomic E-state index is -1.22. The number of hydrogen-bond donors (Lipinski definition) is 3. The summed E-state index contributed by atoms with van der Waals surface area (Å²) in [6.45, 7) is -0.342. The summed E-state index contributed by atoms with van der Waals surface area (Å²) >= 11 is 0. The average molecular weight is 290 g/mol. The molecule has 0 fully saturated rings. The van der Waals surface area contributed by atoms with Crippen LogP contribution in [0.25, 0.3) is 11.3 Å². The summed E-state index contributed by atoms with van der Waals surface area (Å²) < 4.78 is 5.07. The van der Waals surface area contributed by atoms with Crippen molar-refractivity contribution in [1.29, 1.82) is 0 Å². The van der Waals surface area contributed by atoms with Crippen molar-refractivity contribution < 1.29 is 24.3 Å². The van der Waals surface area contributed by atoms with Crippen LogP contribution < -0.4 is 5.32 Å². The Bertz CT molecular complexity index is 623. The maximum Gasteiger partial charge on any atom is 0.326 e. The normalized spacial score (nSPS) is 11.9. The molecule has 1 aromatic heterocycles. The maximum atomic E-state index is 11.9. The van der Waals surface area contributed by atoms with Crippen molar-refractivity contribution in [3.63, 3.8) is 0 Å². The van der Waals surface area contributed by atoms with Crippen molar-refractivity contribution in [2.75, 3.05) is 6.61 Å².